The van der Waals surface area contributed by atoms with E-state index in [1.165, 1.54) is 12.1 Å². The minimum atomic E-state index is -2.39. The maximum Gasteiger partial charge on any atom is 0.323 e. The van der Waals surface area contributed by atoms with Crippen molar-refractivity contribution >= 4 is 5.97 Å². The lowest BCUT2D eigenvalue weighted by Gasteiger charge is -2.15. The van der Waals surface area contributed by atoms with Crippen LogP contribution in [-0.2, 0) is 4.79 Å². The molecule has 6 heteroatoms. The standard InChI is InChI=1S/C9H11NO5/c10-7(9(14)15)8(13)4-1-2-5(11)6(12)3-4/h1-3,7-8,11-13H,10H2,(H,14,15)/t7-,8+/m0/s1/i8D,13D/hD2. The molecule has 0 saturated heterocycles. The third-order valence-electron chi connectivity index (χ3n) is 1.78. The Hall–Kier alpha value is -1.79. The van der Waals surface area contributed by atoms with E-state index in [2.05, 4.69) is 15.3 Å². The summed E-state index contributed by atoms with van der Waals surface area (Å²) in [5.41, 5.74) is 5.19. The zero-order valence-corrected chi connectivity index (χ0v) is 7.47. The Morgan fingerprint density at radius 2 is 2.20 bits per heavy atom. The van der Waals surface area contributed by atoms with Crippen LogP contribution in [0.3, 0.4) is 0 Å². The first-order valence-electron chi connectivity index (χ1n) is 5.66. The molecular weight excluding hydrogens is 202 g/mol. The molecule has 0 spiro atoms. The topological polar surface area (TPSA) is 124 Å². The molecule has 0 bridgehead atoms. The monoisotopic (exact) mass is 217 g/mol. The quantitative estimate of drug-likeness (QED) is 0.411. The van der Waals surface area contributed by atoms with Crippen molar-refractivity contribution in [3.05, 3.63) is 23.8 Å². The van der Waals surface area contributed by atoms with Crippen LogP contribution < -0.4 is 5.73 Å². The van der Waals surface area contributed by atoms with Crippen LogP contribution in [0.5, 0.6) is 11.5 Å². The second-order valence-corrected chi connectivity index (χ2v) is 2.84. The Kier molecular flexibility index (Phi) is 1.84. The number of rotatable bonds is 6. The van der Waals surface area contributed by atoms with Crippen molar-refractivity contribution in [1.82, 2.24) is 0 Å². The van der Waals surface area contributed by atoms with E-state index in [-0.39, 0.29) is 17.1 Å². The molecule has 0 fully saturated rings. The van der Waals surface area contributed by atoms with Gasteiger partial charge in [0, 0.05) is 0 Å². The van der Waals surface area contributed by atoms with Crippen molar-refractivity contribution in [2.75, 3.05) is 0 Å². The summed E-state index contributed by atoms with van der Waals surface area (Å²) in [6.07, 6.45) is -2.39. The van der Waals surface area contributed by atoms with Gasteiger partial charge >= 0.3 is 5.97 Å². The first-order valence-corrected chi connectivity index (χ1v) is 3.94. The lowest BCUT2D eigenvalue weighted by molar-refractivity contribution is -0.141. The highest BCUT2D eigenvalue weighted by atomic mass is 16.4. The molecule has 0 amide bonds. The predicted octanol–water partition coefficient (Wildman–Crippen LogP) is -0.457. The molecule has 0 aliphatic rings. The van der Waals surface area contributed by atoms with E-state index in [9.17, 15) is 4.79 Å². The molecule has 0 heterocycles. The van der Waals surface area contributed by atoms with Gasteiger partial charge in [0.05, 0.1) is 1.37 Å². The molecule has 0 saturated carbocycles. The summed E-state index contributed by atoms with van der Waals surface area (Å²) in [5.74, 6) is -1.88. The number of phenolic OH excluding ortho intramolecular Hbond substituents is 2. The van der Waals surface area contributed by atoms with E-state index in [0.29, 0.717) is 0 Å². The van der Waals surface area contributed by atoms with Crippen molar-refractivity contribution in [3.8, 4) is 11.5 Å². The Balaban J connectivity index is 3.29. The van der Waals surface area contributed by atoms with E-state index in [4.69, 9.17) is 16.5 Å². The molecule has 0 aromatic heterocycles. The van der Waals surface area contributed by atoms with Gasteiger partial charge in [-0.2, -0.15) is 0 Å². The van der Waals surface area contributed by atoms with Crippen molar-refractivity contribution in [2.45, 2.75) is 12.1 Å². The Bertz CT molecular complexity index is 474. The van der Waals surface area contributed by atoms with Gasteiger partial charge in [0.15, 0.2) is 11.5 Å². The van der Waals surface area contributed by atoms with Crippen LogP contribution in [0.25, 0.3) is 0 Å². The predicted molar refractivity (Wildman–Crippen MR) is 50.3 cm³/mol. The lowest BCUT2D eigenvalue weighted by Crippen LogP contribution is -2.36. The van der Waals surface area contributed by atoms with E-state index in [1.807, 2.05) is 0 Å². The van der Waals surface area contributed by atoms with E-state index < -0.39 is 18.1 Å². The van der Waals surface area contributed by atoms with Crippen LogP contribution >= 0.6 is 0 Å². The number of carboxylic acid groups (broad SMARTS) is 1. The van der Waals surface area contributed by atoms with Crippen molar-refractivity contribution in [1.29, 1.82) is 4.29 Å². The molecule has 15 heavy (non-hydrogen) atoms. The van der Waals surface area contributed by atoms with Gasteiger partial charge in [-0.1, -0.05) is 6.07 Å². The van der Waals surface area contributed by atoms with Crippen molar-refractivity contribution in [3.63, 3.8) is 0 Å². The van der Waals surface area contributed by atoms with Gasteiger partial charge in [0.25, 0.3) is 2.86 Å². The number of benzene rings is 1. The average Bonchev–Trinajstić information content (AvgIpc) is 2.44. The number of carbonyl (C=O) groups is 1. The first kappa shape index (κ1) is 6.65. The van der Waals surface area contributed by atoms with E-state index in [0.717, 1.165) is 6.07 Å². The fourth-order valence-electron chi connectivity index (χ4n) is 0.953. The molecule has 1 aromatic rings. The number of nitrogens with two attached hydrogens (primary N) is 1. The highest BCUT2D eigenvalue weighted by Crippen LogP contribution is 2.28. The van der Waals surface area contributed by atoms with E-state index in [1.54, 1.807) is 0 Å². The van der Waals surface area contributed by atoms with Crippen molar-refractivity contribution < 1.29 is 26.6 Å². The van der Waals surface area contributed by atoms with Gasteiger partial charge < -0.3 is 26.2 Å². The Labute approximate surface area is 91.1 Å². The highest BCUT2D eigenvalue weighted by molar-refractivity contribution is 5.74. The third kappa shape index (κ3) is 2.36. The smallest absolute Gasteiger partial charge is 0.323 e. The zero-order valence-electron chi connectivity index (χ0n) is 11.5. The largest absolute Gasteiger partial charge is 0.504 e. The minimum absolute atomic E-state index is 0.116. The molecule has 2 atom stereocenters. The summed E-state index contributed by atoms with van der Waals surface area (Å²) in [4.78, 5) is 10.8. The number of aliphatic hydroxyl groups is 1. The Morgan fingerprint density at radius 3 is 2.73 bits per heavy atom. The average molecular weight is 217 g/mol. The molecule has 6 N–H and O–H groups in total. The fourth-order valence-corrected chi connectivity index (χ4v) is 0.953. The second kappa shape index (κ2) is 4.16. The summed E-state index contributed by atoms with van der Waals surface area (Å²) < 4.78 is 28.2. The first-order chi connectivity index (χ1) is 8.90. The lowest BCUT2D eigenvalue weighted by atomic mass is 10.0. The maximum atomic E-state index is 10.8. The number of hydrogen-bond acceptors (Lipinski definition) is 5. The van der Waals surface area contributed by atoms with Crippen LogP contribution in [0, 0.1) is 0 Å². The highest BCUT2D eigenvalue weighted by Gasteiger charge is 2.24. The molecule has 0 aliphatic carbocycles. The number of phenols is 2. The molecule has 1 aromatic carbocycles. The van der Waals surface area contributed by atoms with Crippen molar-refractivity contribution in [2.24, 2.45) is 5.73 Å². The van der Waals surface area contributed by atoms with Gasteiger partial charge in [-0.3, -0.25) is 4.79 Å². The van der Waals surface area contributed by atoms with Gasteiger partial charge in [-0.05, 0) is 17.7 Å². The summed E-state index contributed by atoms with van der Waals surface area (Å²) in [6.45, 7) is 0. The maximum absolute atomic E-state index is 10.8. The minimum Gasteiger partial charge on any atom is -0.504 e. The zero-order chi connectivity index (χ0) is 14.6. The van der Waals surface area contributed by atoms with Crippen LogP contribution in [0.2, 0.25) is 0 Å². The number of hydrogen-bond donors (Lipinski definition) is 5. The summed E-state index contributed by atoms with van der Waals surface area (Å²) in [6, 6.07) is 1.58. The van der Waals surface area contributed by atoms with Crippen LogP contribution in [0.15, 0.2) is 18.2 Å². The summed E-state index contributed by atoms with van der Waals surface area (Å²) in [5, 5.41) is 21.3. The van der Waals surface area contributed by atoms with Gasteiger partial charge in [0.2, 0.25) is 1.43 Å². The molecule has 0 radical (unpaired) electrons. The fraction of sp³-hybridized carbons (Fsp3) is 0.222. The molecular formula is C9H11NO5. The number of aliphatic carboxylic acids is 1. The number of aromatic hydroxyl groups is 2. The van der Waals surface area contributed by atoms with Gasteiger partial charge in [-0.15, -0.1) is 0 Å². The summed E-state index contributed by atoms with van der Waals surface area (Å²) in [7, 11) is 0. The normalized spacial score (nSPS) is 19.8. The molecule has 0 aliphatic heterocycles. The second-order valence-electron chi connectivity index (χ2n) is 2.84. The van der Waals surface area contributed by atoms with Crippen LogP contribution in [-0.4, -0.2) is 36.7 Å². The Morgan fingerprint density at radius 1 is 1.47 bits per heavy atom. The molecule has 1 rings (SSSR count). The number of carboxylic acids is 1. The molecule has 0 unspecified atom stereocenters. The molecule has 6 nitrogen and oxygen atoms in total. The van der Waals surface area contributed by atoms with Crippen LogP contribution in [0.1, 0.15) is 13.0 Å². The van der Waals surface area contributed by atoms with E-state index >= 15 is 0 Å². The summed E-state index contributed by atoms with van der Waals surface area (Å²) >= 11 is 0. The van der Waals surface area contributed by atoms with Gasteiger partial charge in [-0.25, -0.2) is 0 Å². The van der Waals surface area contributed by atoms with Gasteiger partial charge in [0.1, 0.15) is 12.1 Å². The van der Waals surface area contributed by atoms with Crippen LogP contribution in [0.4, 0.5) is 0 Å². The SMILES string of the molecule is [2H]Oc1ccc([C@@]([2H])(O[2H])[C@H](N)C(=O)O)cc1O[2H]. The molecule has 82 valence electrons. The third-order valence-corrected chi connectivity index (χ3v) is 1.78.